The van der Waals surface area contributed by atoms with Crippen molar-refractivity contribution >= 4 is 23.9 Å². The van der Waals surface area contributed by atoms with Crippen LogP contribution in [-0.2, 0) is 34.4 Å². The molecule has 0 saturated carbocycles. The lowest BCUT2D eigenvalue weighted by molar-refractivity contribution is 0.0811. The number of rotatable bonds is 14. The lowest BCUT2D eigenvalue weighted by Gasteiger charge is -2.19. The SMILES string of the molecule is BNOCc1ccc(OP(=O)(OCCOB)OCCO/C(C)=C/O)cc1. The van der Waals surface area contributed by atoms with E-state index in [1.54, 1.807) is 39.2 Å². The van der Waals surface area contributed by atoms with Crippen LogP contribution in [0.1, 0.15) is 12.5 Å². The number of phosphoric acid groups is 1. The standard InChI is InChI=1S/C14H24B2NO8P/c1-12(10-18)20-6-8-23-26(19,24-9-7-21-16)25-14-4-2-13(3-5-14)11-22-17-15/h2-5,10,17-18H,6-9,11,15-16H2,1H3/b12-10+. The lowest BCUT2D eigenvalue weighted by atomic mass is 10.2. The number of hydrogen-bond acceptors (Lipinski definition) is 9. The average Bonchev–Trinajstić information content (AvgIpc) is 2.65. The highest BCUT2D eigenvalue weighted by atomic mass is 31.2. The minimum Gasteiger partial charge on any atom is -0.512 e. The van der Waals surface area contributed by atoms with Gasteiger partial charge in [-0.1, -0.05) is 12.1 Å². The monoisotopic (exact) mass is 387 g/mol. The molecular weight excluding hydrogens is 363 g/mol. The second-order valence-corrected chi connectivity index (χ2v) is 6.52. The largest absolute Gasteiger partial charge is 0.530 e. The van der Waals surface area contributed by atoms with Crippen LogP contribution in [0.2, 0.25) is 0 Å². The van der Waals surface area contributed by atoms with E-state index >= 15 is 0 Å². The molecule has 0 aliphatic carbocycles. The third kappa shape index (κ3) is 9.28. The summed E-state index contributed by atoms with van der Waals surface area (Å²) in [5.41, 5.74) is 0.905. The Morgan fingerprint density at radius 3 is 2.42 bits per heavy atom. The Kier molecular flexibility index (Phi) is 11.1. The molecule has 1 unspecified atom stereocenters. The van der Waals surface area contributed by atoms with E-state index < -0.39 is 7.82 Å². The first kappa shape index (κ1) is 22.6. The highest BCUT2D eigenvalue weighted by Gasteiger charge is 2.28. The zero-order valence-electron chi connectivity index (χ0n) is 15.2. The fourth-order valence-corrected chi connectivity index (χ4v) is 2.80. The Morgan fingerprint density at radius 1 is 1.19 bits per heavy atom. The second kappa shape index (κ2) is 12.8. The van der Waals surface area contributed by atoms with Gasteiger partial charge in [0.2, 0.25) is 7.98 Å². The molecule has 0 amide bonds. The third-order valence-corrected chi connectivity index (χ3v) is 4.34. The molecule has 0 spiro atoms. The van der Waals surface area contributed by atoms with Gasteiger partial charge in [0.15, 0.2) is 0 Å². The van der Waals surface area contributed by atoms with Crippen LogP contribution in [0, 0.1) is 0 Å². The van der Waals surface area contributed by atoms with Gasteiger partial charge in [-0.25, -0.2) is 4.57 Å². The van der Waals surface area contributed by atoms with Crippen LogP contribution in [0.5, 0.6) is 5.75 Å². The molecule has 26 heavy (non-hydrogen) atoms. The number of hydrogen-bond donors (Lipinski definition) is 2. The predicted octanol–water partition coefficient (Wildman–Crippen LogP) is 0.777. The van der Waals surface area contributed by atoms with E-state index in [4.69, 9.17) is 32.9 Å². The van der Waals surface area contributed by atoms with Gasteiger partial charge in [-0.2, -0.15) is 0 Å². The molecule has 0 aliphatic rings. The topological polar surface area (TPSA) is 105 Å². The molecule has 1 aromatic rings. The molecule has 1 aromatic carbocycles. The lowest BCUT2D eigenvalue weighted by Crippen LogP contribution is -2.10. The molecule has 0 radical (unpaired) electrons. The van der Waals surface area contributed by atoms with Crippen molar-refractivity contribution in [2.45, 2.75) is 13.5 Å². The van der Waals surface area contributed by atoms with Crippen LogP contribution in [0.25, 0.3) is 0 Å². The molecule has 0 aromatic heterocycles. The molecule has 0 saturated heterocycles. The number of aliphatic hydroxyl groups is 1. The fourth-order valence-electron chi connectivity index (χ4n) is 1.64. The number of aliphatic hydroxyl groups excluding tert-OH is 1. The number of benzene rings is 1. The first-order valence-electron chi connectivity index (χ1n) is 7.92. The van der Waals surface area contributed by atoms with Crippen molar-refractivity contribution in [1.82, 2.24) is 5.39 Å². The van der Waals surface area contributed by atoms with Gasteiger partial charge in [-0.05, 0) is 24.6 Å². The van der Waals surface area contributed by atoms with Crippen LogP contribution < -0.4 is 9.91 Å². The van der Waals surface area contributed by atoms with E-state index in [1.165, 1.54) is 8.05 Å². The molecule has 0 heterocycles. The Labute approximate surface area is 155 Å². The van der Waals surface area contributed by atoms with Gasteiger partial charge in [-0.3, -0.25) is 14.4 Å². The zero-order valence-corrected chi connectivity index (χ0v) is 16.1. The van der Waals surface area contributed by atoms with Crippen molar-refractivity contribution in [2.24, 2.45) is 0 Å². The van der Waals surface area contributed by atoms with E-state index in [9.17, 15) is 4.57 Å². The summed E-state index contributed by atoms with van der Waals surface area (Å²) in [7, 11) is -0.691. The summed E-state index contributed by atoms with van der Waals surface area (Å²) in [6, 6.07) is 6.81. The zero-order chi connectivity index (χ0) is 19.3. The van der Waals surface area contributed by atoms with E-state index in [0.717, 1.165) is 11.8 Å². The fraction of sp³-hybridized carbons (Fsp3) is 0.429. The molecule has 0 bridgehead atoms. The molecule has 1 rings (SSSR count). The third-order valence-electron chi connectivity index (χ3n) is 2.90. The van der Waals surface area contributed by atoms with Gasteiger partial charge in [0.05, 0.1) is 26.4 Å². The maximum absolute atomic E-state index is 12.8. The van der Waals surface area contributed by atoms with E-state index in [2.05, 4.69) is 5.39 Å². The van der Waals surface area contributed by atoms with Gasteiger partial charge in [0.25, 0.3) is 8.05 Å². The Balaban J connectivity index is 2.64. The van der Waals surface area contributed by atoms with Crippen LogP contribution in [-0.4, -0.2) is 47.6 Å². The quantitative estimate of drug-likeness (QED) is 0.158. The summed E-state index contributed by atoms with van der Waals surface area (Å²) < 4.78 is 38.7. The summed E-state index contributed by atoms with van der Waals surface area (Å²) in [6.45, 7) is 2.25. The molecule has 2 N–H and O–H groups in total. The molecule has 9 nitrogen and oxygen atoms in total. The molecule has 144 valence electrons. The van der Waals surface area contributed by atoms with E-state index in [1.807, 2.05) is 0 Å². The predicted molar refractivity (Wildman–Crippen MR) is 99.9 cm³/mol. The summed E-state index contributed by atoms with van der Waals surface area (Å²) in [5, 5.41) is 11.3. The molecule has 0 fully saturated rings. The van der Waals surface area contributed by atoms with Crippen LogP contribution in [0.4, 0.5) is 0 Å². The normalized spacial score (nSPS) is 14.0. The van der Waals surface area contributed by atoms with Gasteiger partial charge in [-0.15, -0.1) is 0 Å². The molecule has 12 heteroatoms. The summed E-state index contributed by atoms with van der Waals surface area (Å²) in [5.74, 6) is 0.635. The van der Waals surface area contributed by atoms with Crippen molar-refractivity contribution in [3.8, 4) is 5.75 Å². The van der Waals surface area contributed by atoms with Crippen LogP contribution >= 0.6 is 7.82 Å². The van der Waals surface area contributed by atoms with Crippen LogP contribution in [0.3, 0.4) is 0 Å². The van der Waals surface area contributed by atoms with Gasteiger partial charge < -0.3 is 23.9 Å². The minimum atomic E-state index is -3.86. The second-order valence-electron chi connectivity index (χ2n) is 4.92. The number of phosphoric ester groups is 1. The number of nitrogens with one attached hydrogen (secondary N) is 1. The van der Waals surface area contributed by atoms with Gasteiger partial charge >= 0.3 is 7.82 Å². The highest BCUT2D eigenvalue weighted by molar-refractivity contribution is 7.48. The highest BCUT2D eigenvalue weighted by Crippen LogP contribution is 2.49. The Bertz CT molecular complexity index is 587. The van der Waals surface area contributed by atoms with Crippen molar-refractivity contribution < 1.29 is 37.5 Å². The van der Waals surface area contributed by atoms with Crippen LogP contribution in [0.15, 0.2) is 36.3 Å². The maximum Gasteiger partial charge on any atom is 0.530 e. The van der Waals surface area contributed by atoms with Crippen molar-refractivity contribution in [3.05, 3.63) is 41.9 Å². The minimum absolute atomic E-state index is 0.0400. The van der Waals surface area contributed by atoms with E-state index in [0.29, 0.717) is 18.1 Å². The molecule has 1 atom stereocenters. The maximum atomic E-state index is 12.8. The number of allylic oxidation sites excluding steroid dienone is 1. The van der Waals surface area contributed by atoms with Crippen molar-refractivity contribution in [1.29, 1.82) is 0 Å². The Hall–Kier alpha value is -1.48. The smallest absolute Gasteiger partial charge is 0.512 e. The molecule has 0 aliphatic heterocycles. The van der Waals surface area contributed by atoms with Gasteiger partial charge in [0, 0.05) is 0 Å². The molecular formula is C14H24B2NO8P. The number of ether oxygens (including phenoxy) is 1. The van der Waals surface area contributed by atoms with E-state index in [-0.39, 0.29) is 26.4 Å². The first-order valence-corrected chi connectivity index (χ1v) is 9.38. The van der Waals surface area contributed by atoms with Crippen molar-refractivity contribution in [2.75, 3.05) is 26.4 Å². The summed E-state index contributed by atoms with van der Waals surface area (Å²) in [6.07, 6.45) is 0.824. The van der Waals surface area contributed by atoms with Crippen molar-refractivity contribution in [3.63, 3.8) is 0 Å². The summed E-state index contributed by atoms with van der Waals surface area (Å²) >= 11 is 0. The summed E-state index contributed by atoms with van der Waals surface area (Å²) in [4.78, 5) is 5.07. The van der Waals surface area contributed by atoms with Gasteiger partial charge in [0.1, 0.15) is 24.4 Å². The Morgan fingerprint density at radius 2 is 1.85 bits per heavy atom. The first-order chi connectivity index (χ1) is 12.5. The average molecular weight is 387 g/mol.